The fourth-order valence-electron chi connectivity index (χ4n) is 4.62. The second-order valence-corrected chi connectivity index (χ2v) is 8.73. The van der Waals surface area contributed by atoms with Gasteiger partial charge in [-0.25, -0.2) is 19.3 Å². The maximum atomic E-state index is 15.0. The van der Waals surface area contributed by atoms with Gasteiger partial charge in [-0.2, -0.15) is 0 Å². The predicted octanol–water partition coefficient (Wildman–Crippen LogP) is 4.01. The van der Waals surface area contributed by atoms with Gasteiger partial charge < -0.3 is 24.9 Å². The summed E-state index contributed by atoms with van der Waals surface area (Å²) in [5, 5.41) is 4.24. The molecule has 3 aromatic heterocycles. The van der Waals surface area contributed by atoms with Crippen molar-refractivity contribution in [3.05, 3.63) is 76.9 Å². The van der Waals surface area contributed by atoms with Gasteiger partial charge in [0.15, 0.2) is 0 Å². The second kappa shape index (κ2) is 9.04. The van der Waals surface area contributed by atoms with Crippen LogP contribution in [-0.4, -0.2) is 51.2 Å². The Balaban J connectivity index is 1.49. The normalized spacial score (nSPS) is 14.9. The molecule has 182 valence electrons. The molecular formula is C26H24FN7O2. The molecule has 1 saturated heterocycles. The number of H-pyrrole nitrogens is 2. The molecule has 0 unspecified atom stereocenters. The van der Waals surface area contributed by atoms with Gasteiger partial charge in [0.05, 0.1) is 47.2 Å². The SMILES string of the molecule is C[C@H](Nc1c(-c2nc3cc(N4CCOCC4)c(F)cc3[nH]2)c(=O)[nH]c2ccccc12)c1ncccn1. The van der Waals surface area contributed by atoms with Crippen LogP contribution in [0.5, 0.6) is 0 Å². The third kappa shape index (κ3) is 3.95. The fourth-order valence-corrected chi connectivity index (χ4v) is 4.62. The first-order valence-corrected chi connectivity index (χ1v) is 11.8. The van der Waals surface area contributed by atoms with Crippen molar-refractivity contribution in [2.45, 2.75) is 13.0 Å². The fraction of sp³-hybridized carbons (Fsp3) is 0.231. The van der Waals surface area contributed by atoms with Crippen LogP contribution < -0.4 is 15.8 Å². The monoisotopic (exact) mass is 485 g/mol. The number of hydrogen-bond acceptors (Lipinski definition) is 7. The number of morpholine rings is 1. The van der Waals surface area contributed by atoms with Crippen LogP contribution in [0.15, 0.2) is 59.7 Å². The van der Waals surface area contributed by atoms with E-state index in [2.05, 4.69) is 25.3 Å². The maximum absolute atomic E-state index is 15.0. The van der Waals surface area contributed by atoms with Crippen molar-refractivity contribution in [1.29, 1.82) is 0 Å². The summed E-state index contributed by atoms with van der Waals surface area (Å²) in [6.07, 6.45) is 3.36. The van der Waals surface area contributed by atoms with E-state index in [9.17, 15) is 4.79 Å². The lowest BCUT2D eigenvalue weighted by atomic mass is 10.1. The summed E-state index contributed by atoms with van der Waals surface area (Å²) in [7, 11) is 0. The van der Waals surface area contributed by atoms with E-state index >= 15 is 4.39 Å². The van der Waals surface area contributed by atoms with Gasteiger partial charge in [0, 0.05) is 36.9 Å². The number of para-hydroxylation sites is 1. The predicted molar refractivity (Wildman–Crippen MR) is 137 cm³/mol. The average molecular weight is 486 g/mol. The number of anilines is 2. The van der Waals surface area contributed by atoms with Crippen molar-refractivity contribution in [3.8, 4) is 11.4 Å². The van der Waals surface area contributed by atoms with Crippen LogP contribution in [0.3, 0.4) is 0 Å². The summed E-state index contributed by atoms with van der Waals surface area (Å²) in [6.45, 7) is 4.25. The van der Waals surface area contributed by atoms with Gasteiger partial charge in [0.25, 0.3) is 5.56 Å². The quantitative estimate of drug-likeness (QED) is 0.345. The molecule has 1 fully saturated rings. The van der Waals surface area contributed by atoms with Crippen LogP contribution in [0.25, 0.3) is 33.3 Å². The van der Waals surface area contributed by atoms with E-state index in [1.54, 1.807) is 24.5 Å². The lowest BCUT2D eigenvalue weighted by Crippen LogP contribution is -2.36. The van der Waals surface area contributed by atoms with Crippen LogP contribution in [0, 0.1) is 5.82 Å². The molecule has 1 atom stereocenters. The number of benzene rings is 2. The van der Waals surface area contributed by atoms with Crippen molar-refractivity contribution in [2.24, 2.45) is 0 Å². The van der Waals surface area contributed by atoms with Gasteiger partial charge in [-0.15, -0.1) is 0 Å². The number of nitrogens with one attached hydrogen (secondary N) is 3. The lowest BCUT2D eigenvalue weighted by molar-refractivity contribution is 0.122. The second-order valence-electron chi connectivity index (χ2n) is 8.73. The Bertz CT molecular complexity index is 1610. The number of fused-ring (bicyclic) bond motifs is 2. The van der Waals surface area contributed by atoms with Gasteiger partial charge >= 0.3 is 0 Å². The van der Waals surface area contributed by atoms with E-state index in [0.717, 1.165) is 5.39 Å². The molecule has 6 rings (SSSR count). The van der Waals surface area contributed by atoms with Crippen LogP contribution >= 0.6 is 0 Å². The highest BCUT2D eigenvalue weighted by atomic mass is 19.1. The largest absolute Gasteiger partial charge is 0.378 e. The number of hydrogen-bond donors (Lipinski definition) is 3. The number of imidazole rings is 1. The van der Waals surface area contributed by atoms with Crippen LogP contribution in [0.1, 0.15) is 18.8 Å². The lowest BCUT2D eigenvalue weighted by Gasteiger charge is -2.29. The highest BCUT2D eigenvalue weighted by molar-refractivity contribution is 5.99. The Kier molecular flexibility index (Phi) is 5.57. The van der Waals surface area contributed by atoms with E-state index in [1.807, 2.05) is 36.1 Å². The number of nitrogens with zero attached hydrogens (tertiary/aromatic N) is 4. The van der Waals surface area contributed by atoms with E-state index in [-0.39, 0.29) is 17.4 Å². The zero-order valence-electron chi connectivity index (χ0n) is 19.6. The Morgan fingerprint density at radius 1 is 1.06 bits per heavy atom. The first-order chi connectivity index (χ1) is 17.6. The minimum atomic E-state index is -0.347. The van der Waals surface area contributed by atoms with Crippen molar-refractivity contribution >= 4 is 33.3 Å². The van der Waals surface area contributed by atoms with E-state index in [4.69, 9.17) is 9.72 Å². The Morgan fingerprint density at radius 2 is 1.83 bits per heavy atom. The minimum absolute atomic E-state index is 0.287. The van der Waals surface area contributed by atoms with Crippen molar-refractivity contribution < 1.29 is 9.13 Å². The molecule has 3 N–H and O–H groups in total. The average Bonchev–Trinajstić information content (AvgIpc) is 3.31. The first-order valence-electron chi connectivity index (χ1n) is 11.8. The summed E-state index contributed by atoms with van der Waals surface area (Å²) in [5.41, 5.74) is 2.87. The third-order valence-corrected chi connectivity index (χ3v) is 6.39. The smallest absolute Gasteiger partial charge is 0.261 e. The summed E-state index contributed by atoms with van der Waals surface area (Å²) < 4.78 is 20.4. The van der Waals surface area contributed by atoms with Gasteiger partial charge in [0.1, 0.15) is 23.0 Å². The Morgan fingerprint density at radius 3 is 2.64 bits per heavy atom. The van der Waals surface area contributed by atoms with E-state index < -0.39 is 0 Å². The molecule has 0 saturated carbocycles. The van der Waals surface area contributed by atoms with Gasteiger partial charge in [-0.3, -0.25) is 4.79 Å². The number of aromatic nitrogens is 5. The standard InChI is InChI=1S/C26H24FN7O2/c1-15(24-28-7-4-8-29-24)30-23-16-5-2-3-6-18(16)33-26(35)22(23)25-31-19-13-17(27)21(14-20(19)32-25)34-9-11-36-12-10-34/h2-8,13-15H,9-12H2,1H3,(H,31,32)(H2,30,33,35)/t15-/m0/s1. The molecule has 0 bridgehead atoms. The molecule has 4 heterocycles. The molecule has 1 aliphatic rings. The van der Waals surface area contributed by atoms with Gasteiger partial charge in [-0.1, -0.05) is 18.2 Å². The summed E-state index contributed by atoms with van der Waals surface area (Å²) in [5.74, 6) is 0.592. The third-order valence-electron chi connectivity index (χ3n) is 6.39. The van der Waals surface area contributed by atoms with Crippen molar-refractivity contribution in [2.75, 3.05) is 36.5 Å². The molecule has 0 radical (unpaired) electrons. The van der Waals surface area contributed by atoms with Gasteiger partial charge in [0.2, 0.25) is 0 Å². The number of rotatable bonds is 5. The first kappa shape index (κ1) is 22.2. The highest BCUT2D eigenvalue weighted by Crippen LogP contribution is 2.34. The summed E-state index contributed by atoms with van der Waals surface area (Å²) >= 11 is 0. The minimum Gasteiger partial charge on any atom is -0.378 e. The Labute approximate surface area is 205 Å². The number of pyridine rings is 1. The van der Waals surface area contributed by atoms with E-state index in [0.29, 0.717) is 71.4 Å². The molecule has 0 aliphatic carbocycles. The number of halogens is 1. The molecule has 5 aromatic rings. The zero-order chi connectivity index (χ0) is 24.6. The molecular weight excluding hydrogens is 461 g/mol. The van der Waals surface area contributed by atoms with Crippen LogP contribution in [-0.2, 0) is 4.74 Å². The summed E-state index contributed by atoms with van der Waals surface area (Å²) in [6, 6.07) is 12.2. The highest BCUT2D eigenvalue weighted by Gasteiger charge is 2.22. The Hall–Kier alpha value is -4.31. The van der Waals surface area contributed by atoms with Crippen LogP contribution in [0.2, 0.25) is 0 Å². The van der Waals surface area contributed by atoms with Crippen molar-refractivity contribution in [1.82, 2.24) is 24.9 Å². The molecule has 36 heavy (non-hydrogen) atoms. The number of aromatic amines is 2. The molecule has 10 heteroatoms. The molecule has 1 aliphatic heterocycles. The summed E-state index contributed by atoms with van der Waals surface area (Å²) in [4.78, 5) is 34.8. The topological polar surface area (TPSA) is 112 Å². The molecule has 0 amide bonds. The van der Waals surface area contributed by atoms with Crippen molar-refractivity contribution in [3.63, 3.8) is 0 Å². The van der Waals surface area contributed by atoms with Crippen LogP contribution in [0.4, 0.5) is 15.8 Å². The molecule has 2 aromatic carbocycles. The molecule has 0 spiro atoms. The maximum Gasteiger partial charge on any atom is 0.261 e. The van der Waals surface area contributed by atoms with E-state index in [1.165, 1.54) is 6.07 Å². The van der Waals surface area contributed by atoms with Gasteiger partial charge in [-0.05, 0) is 25.1 Å². The number of ether oxygens (including phenoxy) is 1. The zero-order valence-corrected chi connectivity index (χ0v) is 19.6. The molecule has 9 nitrogen and oxygen atoms in total.